The maximum atomic E-state index is 12.2. The van der Waals surface area contributed by atoms with Crippen molar-refractivity contribution in [1.82, 2.24) is 10.2 Å². The second kappa shape index (κ2) is 6.04. The fourth-order valence-corrected chi connectivity index (χ4v) is 2.49. The van der Waals surface area contributed by atoms with Crippen LogP contribution < -0.4 is 5.32 Å². The molecule has 6 nitrogen and oxygen atoms in total. The van der Waals surface area contributed by atoms with Gasteiger partial charge in [0.25, 0.3) is 0 Å². The molecule has 2 amide bonds. The Morgan fingerprint density at radius 3 is 2.85 bits per heavy atom. The number of carboxylic acid groups (broad SMARTS) is 1. The van der Waals surface area contributed by atoms with Crippen molar-refractivity contribution in [3.05, 3.63) is 34.3 Å². The monoisotopic (exact) mass is 340 g/mol. The summed E-state index contributed by atoms with van der Waals surface area (Å²) in [6.07, 6.45) is 0.0660. The molecule has 1 unspecified atom stereocenters. The summed E-state index contributed by atoms with van der Waals surface area (Å²) in [6.45, 7) is -0.276. The molecule has 0 bridgehead atoms. The van der Waals surface area contributed by atoms with Crippen molar-refractivity contribution in [1.29, 1.82) is 0 Å². The van der Waals surface area contributed by atoms with Gasteiger partial charge >= 0.3 is 5.97 Å². The van der Waals surface area contributed by atoms with Crippen molar-refractivity contribution < 1.29 is 19.5 Å². The van der Waals surface area contributed by atoms with Crippen LogP contribution in [-0.2, 0) is 20.8 Å². The van der Waals surface area contributed by atoms with Gasteiger partial charge in [0.05, 0.1) is 6.42 Å². The van der Waals surface area contributed by atoms with Gasteiger partial charge in [-0.25, -0.2) is 4.79 Å². The van der Waals surface area contributed by atoms with E-state index in [1.165, 1.54) is 0 Å². The molecule has 0 aromatic heterocycles. The van der Waals surface area contributed by atoms with E-state index in [2.05, 4.69) is 21.2 Å². The number of halogens is 1. The van der Waals surface area contributed by atoms with Gasteiger partial charge in [0.15, 0.2) is 0 Å². The van der Waals surface area contributed by atoms with Crippen LogP contribution in [0.5, 0.6) is 0 Å². The Balaban J connectivity index is 2.13. The molecular weight excluding hydrogens is 328 g/mol. The minimum absolute atomic E-state index is 0.0572. The summed E-state index contributed by atoms with van der Waals surface area (Å²) in [5.41, 5.74) is 0.763. The van der Waals surface area contributed by atoms with Crippen LogP contribution in [0.1, 0.15) is 5.56 Å². The van der Waals surface area contributed by atoms with E-state index in [1.54, 1.807) is 18.2 Å². The molecule has 1 heterocycles. The van der Waals surface area contributed by atoms with E-state index < -0.39 is 12.0 Å². The predicted octanol–water partition coefficient (Wildman–Crippen LogP) is 0.403. The maximum absolute atomic E-state index is 12.2. The molecule has 1 aliphatic rings. The normalized spacial score (nSPS) is 18.6. The lowest BCUT2D eigenvalue weighted by Gasteiger charge is -2.32. The van der Waals surface area contributed by atoms with E-state index in [1.807, 2.05) is 6.07 Å². The molecular formula is C13H13BrN2O4. The zero-order valence-corrected chi connectivity index (χ0v) is 12.1. The van der Waals surface area contributed by atoms with Crippen molar-refractivity contribution in [2.45, 2.75) is 12.5 Å². The van der Waals surface area contributed by atoms with Gasteiger partial charge in [0.1, 0.15) is 12.6 Å². The van der Waals surface area contributed by atoms with Gasteiger partial charge < -0.3 is 15.3 Å². The number of carbonyl (C=O) groups is 3. The summed E-state index contributed by atoms with van der Waals surface area (Å²) in [6, 6.07) is 6.19. The Morgan fingerprint density at radius 2 is 2.20 bits per heavy atom. The fourth-order valence-electron chi connectivity index (χ4n) is 2.05. The van der Waals surface area contributed by atoms with E-state index in [0.29, 0.717) is 0 Å². The molecule has 0 spiro atoms. The van der Waals surface area contributed by atoms with Gasteiger partial charge in [-0.2, -0.15) is 0 Å². The molecule has 1 atom stereocenters. The Labute approximate surface area is 123 Å². The fraction of sp³-hybridized carbons (Fsp3) is 0.308. The van der Waals surface area contributed by atoms with E-state index in [-0.39, 0.29) is 31.3 Å². The smallest absolute Gasteiger partial charge is 0.328 e. The predicted molar refractivity (Wildman–Crippen MR) is 74.0 cm³/mol. The van der Waals surface area contributed by atoms with Crippen LogP contribution in [0.4, 0.5) is 0 Å². The number of piperazine rings is 1. The Bertz CT molecular complexity index is 561. The largest absolute Gasteiger partial charge is 0.480 e. The van der Waals surface area contributed by atoms with Gasteiger partial charge in [-0.15, -0.1) is 0 Å². The number of nitrogens with one attached hydrogen (secondary N) is 1. The van der Waals surface area contributed by atoms with E-state index in [9.17, 15) is 14.4 Å². The zero-order valence-electron chi connectivity index (χ0n) is 10.5. The third-order valence-electron chi connectivity index (χ3n) is 3.03. The Morgan fingerprint density at radius 1 is 1.45 bits per heavy atom. The Hall–Kier alpha value is -1.89. The van der Waals surface area contributed by atoms with Crippen LogP contribution in [0.3, 0.4) is 0 Å². The number of benzene rings is 1. The first-order valence-corrected chi connectivity index (χ1v) is 6.80. The third kappa shape index (κ3) is 3.36. The molecule has 1 saturated heterocycles. The molecule has 7 heteroatoms. The highest BCUT2D eigenvalue weighted by molar-refractivity contribution is 9.10. The summed E-state index contributed by atoms with van der Waals surface area (Å²) in [5, 5.41) is 11.6. The molecule has 0 radical (unpaired) electrons. The molecule has 0 aliphatic carbocycles. The molecule has 2 N–H and O–H groups in total. The van der Waals surface area contributed by atoms with Gasteiger partial charge in [-0.05, 0) is 17.7 Å². The first-order chi connectivity index (χ1) is 9.47. The molecule has 1 fully saturated rings. The summed E-state index contributed by atoms with van der Waals surface area (Å²) < 4.78 is 0.842. The highest BCUT2D eigenvalue weighted by Crippen LogP contribution is 2.14. The summed E-state index contributed by atoms with van der Waals surface area (Å²) in [5.74, 6) is -1.83. The highest BCUT2D eigenvalue weighted by atomic mass is 79.9. The summed E-state index contributed by atoms with van der Waals surface area (Å²) in [7, 11) is 0. The second-order valence-corrected chi connectivity index (χ2v) is 5.40. The van der Waals surface area contributed by atoms with Gasteiger partial charge in [0.2, 0.25) is 11.8 Å². The van der Waals surface area contributed by atoms with Crippen LogP contribution in [0.25, 0.3) is 0 Å². The van der Waals surface area contributed by atoms with Crippen molar-refractivity contribution >= 4 is 33.7 Å². The molecule has 2 rings (SSSR count). The van der Waals surface area contributed by atoms with Crippen molar-refractivity contribution in [3.63, 3.8) is 0 Å². The molecule has 106 valence electrons. The molecule has 1 aromatic carbocycles. The number of carboxylic acids is 1. The minimum atomic E-state index is -1.12. The first kappa shape index (κ1) is 14.5. The van der Waals surface area contributed by atoms with Crippen LogP contribution in [0.15, 0.2) is 28.7 Å². The van der Waals surface area contributed by atoms with E-state index in [0.717, 1.165) is 14.9 Å². The SMILES string of the molecule is O=C1CN(C(=O)Cc2cccc(Br)c2)C(C(=O)O)CN1. The quantitative estimate of drug-likeness (QED) is 0.834. The van der Waals surface area contributed by atoms with Crippen LogP contribution in [0, 0.1) is 0 Å². The lowest BCUT2D eigenvalue weighted by molar-refractivity contribution is -0.153. The lowest BCUT2D eigenvalue weighted by Crippen LogP contribution is -2.59. The summed E-state index contributed by atoms with van der Waals surface area (Å²) >= 11 is 3.31. The van der Waals surface area contributed by atoms with E-state index in [4.69, 9.17) is 5.11 Å². The maximum Gasteiger partial charge on any atom is 0.328 e. The first-order valence-electron chi connectivity index (χ1n) is 6.01. The average Bonchev–Trinajstić information content (AvgIpc) is 2.38. The summed E-state index contributed by atoms with van der Waals surface area (Å²) in [4.78, 5) is 35.8. The number of hydrogen-bond donors (Lipinski definition) is 2. The van der Waals surface area contributed by atoms with Crippen molar-refractivity contribution in [2.75, 3.05) is 13.1 Å². The Kier molecular flexibility index (Phi) is 4.39. The van der Waals surface area contributed by atoms with Crippen LogP contribution >= 0.6 is 15.9 Å². The van der Waals surface area contributed by atoms with Gasteiger partial charge in [-0.1, -0.05) is 28.1 Å². The number of nitrogens with zero attached hydrogens (tertiary/aromatic N) is 1. The van der Waals surface area contributed by atoms with Crippen molar-refractivity contribution in [3.8, 4) is 0 Å². The van der Waals surface area contributed by atoms with Crippen LogP contribution in [-0.4, -0.2) is 46.9 Å². The topological polar surface area (TPSA) is 86.7 Å². The molecule has 1 aromatic rings. The number of aliphatic carboxylic acids is 1. The number of hydrogen-bond acceptors (Lipinski definition) is 3. The minimum Gasteiger partial charge on any atom is -0.480 e. The van der Waals surface area contributed by atoms with Crippen molar-refractivity contribution in [2.24, 2.45) is 0 Å². The standard InChI is InChI=1S/C13H13BrN2O4/c14-9-3-1-2-8(4-9)5-12(18)16-7-11(17)15-6-10(16)13(19)20/h1-4,10H,5-7H2,(H,15,17)(H,19,20). The average molecular weight is 341 g/mol. The molecule has 20 heavy (non-hydrogen) atoms. The van der Waals surface area contributed by atoms with Gasteiger partial charge in [0, 0.05) is 11.0 Å². The zero-order chi connectivity index (χ0) is 14.7. The highest BCUT2D eigenvalue weighted by Gasteiger charge is 2.34. The van der Waals surface area contributed by atoms with Gasteiger partial charge in [-0.3, -0.25) is 9.59 Å². The third-order valence-corrected chi connectivity index (χ3v) is 3.53. The number of amides is 2. The van der Waals surface area contributed by atoms with E-state index >= 15 is 0 Å². The second-order valence-electron chi connectivity index (χ2n) is 4.49. The number of carbonyl (C=O) groups excluding carboxylic acids is 2. The molecule has 1 aliphatic heterocycles. The number of rotatable bonds is 3. The van der Waals surface area contributed by atoms with Crippen LogP contribution in [0.2, 0.25) is 0 Å². The molecule has 0 saturated carbocycles. The lowest BCUT2D eigenvalue weighted by atomic mass is 10.1.